The van der Waals surface area contributed by atoms with Crippen molar-refractivity contribution in [3.05, 3.63) is 29.3 Å². The average Bonchev–Trinajstić information content (AvgIpc) is 2.81. The van der Waals surface area contributed by atoms with E-state index in [1.165, 1.54) is 0 Å². The summed E-state index contributed by atoms with van der Waals surface area (Å²) in [6.07, 6.45) is 0.974. The van der Waals surface area contributed by atoms with E-state index in [2.05, 4.69) is 5.32 Å². The number of nitrogens with zero attached hydrogens (tertiary/aromatic N) is 2. The molecule has 16 heavy (non-hydrogen) atoms. The molecule has 1 N–H and O–H groups in total. The average molecular weight is 213 g/mol. The lowest BCUT2D eigenvalue weighted by atomic mass is 10.1. The Hall–Kier alpha value is -2.04. The maximum Gasteiger partial charge on any atom is 0.101 e. The lowest BCUT2D eigenvalue weighted by Crippen LogP contribution is -2.18. The maximum atomic E-state index is 8.88. The predicted octanol–water partition coefficient (Wildman–Crippen LogP) is 1.63. The number of anilines is 1. The fourth-order valence-corrected chi connectivity index (χ4v) is 1.71. The minimum Gasteiger partial charge on any atom is -0.380 e. The Morgan fingerprint density at radius 2 is 2.06 bits per heavy atom. The van der Waals surface area contributed by atoms with E-state index in [1.807, 2.05) is 18.2 Å². The summed E-state index contributed by atoms with van der Waals surface area (Å²) in [5.41, 5.74) is 1.69. The smallest absolute Gasteiger partial charge is 0.101 e. The second kappa shape index (κ2) is 4.65. The first-order valence-electron chi connectivity index (χ1n) is 5.12. The molecule has 0 aromatic heterocycles. The number of ether oxygens (including phenoxy) is 1. The van der Waals surface area contributed by atoms with Crippen LogP contribution in [0.1, 0.15) is 17.5 Å². The van der Waals surface area contributed by atoms with Crippen LogP contribution in [0.2, 0.25) is 0 Å². The van der Waals surface area contributed by atoms with Crippen molar-refractivity contribution in [1.29, 1.82) is 10.5 Å². The molecule has 4 nitrogen and oxygen atoms in total. The minimum absolute atomic E-state index is 0.305. The molecule has 1 aromatic rings. The first kappa shape index (κ1) is 10.5. The first-order valence-corrected chi connectivity index (χ1v) is 5.12. The van der Waals surface area contributed by atoms with Gasteiger partial charge in [0.1, 0.15) is 12.1 Å². The van der Waals surface area contributed by atoms with Crippen LogP contribution in [0.4, 0.5) is 5.69 Å². The third kappa shape index (κ3) is 2.13. The lowest BCUT2D eigenvalue weighted by molar-refractivity contribution is 0.195. The molecule has 1 atom stereocenters. The SMILES string of the molecule is N#Cc1ccc(NC2CCOC2)cc1C#N. The number of hydrogen-bond donors (Lipinski definition) is 1. The van der Waals surface area contributed by atoms with Crippen LogP contribution in [0, 0.1) is 22.7 Å². The molecule has 1 aliphatic rings. The summed E-state index contributed by atoms with van der Waals surface area (Å²) >= 11 is 0. The molecule has 1 saturated heterocycles. The number of hydrogen-bond acceptors (Lipinski definition) is 4. The van der Waals surface area contributed by atoms with Gasteiger partial charge in [0.25, 0.3) is 0 Å². The zero-order valence-corrected chi connectivity index (χ0v) is 8.73. The van der Waals surface area contributed by atoms with Crippen molar-refractivity contribution in [2.45, 2.75) is 12.5 Å². The highest BCUT2D eigenvalue weighted by Gasteiger charge is 2.15. The molecule has 0 spiro atoms. The van der Waals surface area contributed by atoms with Crippen LogP contribution in [0.3, 0.4) is 0 Å². The largest absolute Gasteiger partial charge is 0.380 e. The monoisotopic (exact) mass is 213 g/mol. The van der Waals surface area contributed by atoms with Crippen molar-refractivity contribution < 1.29 is 4.74 Å². The molecule has 0 radical (unpaired) electrons. The highest BCUT2D eigenvalue weighted by atomic mass is 16.5. The Morgan fingerprint density at radius 1 is 1.25 bits per heavy atom. The Morgan fingerprint density at radius 3 is 2.69 bits per heavy atom. The van der Waals surface area contributed by atoms with E-state index in [1.54, 1.807) is 12.1 Å². The van der Waals surface area contributed by atoms with Crippen LogP contribution in [0.15, 0.2) is 18.2 Å². The number of rotatable bonds is 2. The highest BCUT2D eigenvalue weighted by molar-refractivity contribution is 5.56. The Kier molecular flexibility index (Phi) is 3.05. The van der Waals surface area contributed by atoms with Crippen molar-refractivity contribution in [1.82, 2.24) is 0 Å². The van der Waals surface area contributed by atoms with Crippen LogP contribution < -0.4 is 5.32 Å². The molecule has 1 heterocycles. The normalized spacial score (nSPS) is 18.8. The predicted molar refractivity (Wildman–Crippen MR) is 58.7 cm³/mol. The summed E-state index contributed by atoms with van der Waals surface area (Å²) < 4.78 is 5.25. The molecule has 0 aliphatic carbocycles. The highest BCUT2D eigenvalue weighted by Crippen LogP contribution is 2.17. The molecule has 0 amide bonds. The molecular weight excluding hydrogens is 202 g/mol. The molecule has 1 fully saturated rings. The fraction of sp³-hybridized carbons (Fsp3) is 0.333. The van der Waals surface area contributed by atoms with Crippen molar-refractivity contribution in [2.75, 3.05) is 18.5 Å². The van der Waals surface area contributed by atoms with Gasteiger partial charge >= 0.3 is 0 Å². The van der Waals surface area contributed by atoms with Crippen molar-refractivity contribution in [2.24, 2.45) is 0 Å². The van der Waals surface area contributed by atoms with Gasteiger partial charge in [-0.05, 0) is 24.6 Å². The summed E-state index contributed by atoms with van der Waals surface area (Å²) in [6.45, 7) is 1.47. The van der Waals surface area contributed by atoms with Crippen LogP contribution in [0.5, 0.6) is 0 Å². The van der Waals surface area contributed by atoms with Gasteiger partial charge < -0.3 is 10.1 Å². The molecule has 0 bridgehead atoms. The molecule has 2 rings (SSSR count). The summed E-state index contributed by atoms with van der Waals surface area (Å²) in [7, 11) is 0. The standard InChI is InChI=1S/C12H11N3O/c13-6-9-1-2-11(5-10(9)7-14)15-12-3-4-16-8-12/h1-2,5,12,15H,3-4,8H2. The zero-order chi connectivity index (χ0) is 11.4. The fourth-order valence-electron chi connectivity index (χ4n) is 1.71. The van der Waals surface area contributed by atoms with Gasteiger partial charge in [-0.25, -0.2) is 0 Å². The van der Waals surface area contributed by atoms with Crippen LogP contribution in [0.25, 0.3) is 0 Å². The second-order valence-corrected chi connectivity index (χ2v) is 3.69. The van der Waals surface area contributed by atoms with E-state index in [0.717, 1.165) is 18.7 Å². The van der Waals surface area contributed by atoms with Crippen molar-refractivity contribution in [3.8, 4) is 12.1 Å². The molecule has 1 aromatic carbocycles. The second-order valence-electron chi connectivity index (χ2n) is 3.69. The third-order valence-corrected chi connectivity index (χ3v) is 2.56. The maximum absolute atomic E-state index is 8.88. The van der Waals surface area contributed by atoms with Gasteiger partial charge in [0.2, 0.25) is 0 Å². The van der Waals surface area contributed by atoms with Crippen LogP contribution in [-0.2, 0) is 4.74 Å². The van der Waals surface area contributed by atoms with E-state index in [9.17, 15) is 0 Å². The van der Waals surface area contributed by atoms with E-state index in [-0.39, 0.29) is 0 Å². The first-order chi connectivity index (χ1) is 7.83. The number of benzene rings is 1. The van der Waals surface area contributed by atoms with E-state index >= 15 is 0 Å². The molecule has 0 saturated carbocycles. The van der Waals surface area contributed by atoms with Gasteiger partial charge in [0, 0.05) is 12.3 Å². The van der Waals surface area contributed by atoms with E-state index < -0.39 is 0 Å². The van der Waals surface area contributed by atoms with Gasteiger partial charge in [-0.15, -0.1) is 0 Å². The Labute approximate surface area is 94.1 Å². The quantitative estimate of drug-likeness (QED) is 0.810. The van der Waals surface area contributed by atoms with Crippen LogP contribution >= 0.6 is 0 Å². The summed E-state index contributed by atoms with van der Waals surface area (Å²) in [6, 6.07) is 9.50. The molecule has 80 valence electrons. The van der Waals surface area contributed by atoms with Gasteiger partial charge in [-0.3, -0.25) is 0 Å². The lowest BCUT2D eigenvalue weighted by Gasteiger charge is -2.12. The van der Waals surface area contributed by atoms with Gasteiger partial charge in [0.05, 0.1) is 23.8 Å². The third-order valence-electron chi connectivity index (χ3n) is 2.56. The van der Waals surface area contributed by atoms with E-state index in [4.69, 9.17) is 15.3 Å². The van der Waals surface area contributed by atoms with Gasteiger partial charge in [-0.1, -0.05) is 0 Å². The minimum atomic E-state index is 0.305. The Bertz CT molecular complexity index is 464. The number of nitrogens with one attached hydrogen (secondary N) is 1. The summed E-state index contributed by atoms with van der Waals surface area (Å²) in [4.78, 5) is 0. The zero-order valence-electron chi connectivity index (χ0n) is 8.73. The summed E-state index contributed by atoms with van der Waals surface area (Å²) in [5.74, 6) is 0. The van der Waals surface area contributed by atoms with Crippen molar-refractivity contribution in [3.63, 3.8) is 0 Å². The molecule has 1 aliphatic heterocycles. The summed E-state index contributed by atoms with van der Waals surface area (Å²) in [5, 5.41) is 20.9. The molecular formula is C12H11N3O. The number of nitriles is 2. The van der Waals surface area contributed by atoms with Gasteiger partial charge in [-0.2, -0.15) is 10.5 Å². The van der Waals surface area contributed by atoms with Gasteiger partial charge in [0.15, 0.2) is 0 Å². The van der Waals surface area contributed by atoms with Crippen LogP contribution in [-0.4, -0.2) is 19.3 Å². The molecule has 4 heteroatoms. The van der Waals surface area contributed by atoms with Crippen molar-refractivity contribution >= 4 is 5.69 Å². The molecule has 1 unspecified atom stereocenters. The van der Waals surface area contributed by atoms with E-state index in [0.29, 0.717) is 23.8 Å². The Balaban J connectivity index is 2.17. The topological polar surface area (TPSA) is 68.8 Å².